The van der Waals surface area contributed by atoms with Gasteiger partial charge in [-0.25, -0.2) is 4.98 Å². The van der Waals surface area contributed by atoms with Crippen molar-refractivity contribution in [3.8, 4) is 0 Å². The number of hydrogen-bond acceptors (Lipinski definition) is 4. The highest BCUT2D eigenvalue weighted by Crippen LogP contribution is 2.26. The largest absolute Gasteiger partial charge is 0.368 e. The van der Waals surface area contributed by atoms with Gasteiger partial charge in [0.1, 0.15) is 6.10 Å². The lowest BCUT2D eigenvalue weighted by molar-refractivity contribution is -0.0442. The van der Waals surface area contributed by atoms with Crippen LogP contribution in [0.3, 0.4) is 0 Å². The van der Waals surface area contributed by atoms with Gasteiger partial charge in [0, 0.05) is 24.5 Å². The van der Waals surface area contributed by atoms with Crippen molar-refractivity contribution in [3.63, 3.8) is 0 Å². The lowest BCUT2D eigenvalue weighted by Gasteiger charge is -2.37. The van der Waals surface area contributed by atoms with Gasteiger partial charge >= 0.3 is 0 Å². The van der Waals surface area contributed by atoms with Crippen LogP contribution in [-0.2, 0) is 10.2 Å². The molecule has 0 saturated carbocycles. The Labute approximate surface area is 126 Å². The van der Waals surface area contributed by atoms with Crippen molar-refractivity contribution in [2.24, 2.45) is 0 Å². The van der Waals surface area contributed by atoms with Crippen molar-refractivity contribution < 1.29 is 4.74 Å². The number of nitrogens with one attached hydrogen (secondary N) is 1. The van der Waals surface area contributed by atoms with E-state index in [-0.39, 0.29) is 11.5 Å². The first-order valence-electron chi connectivity index (χ1n) is 7.99. The second-order valence-electron chi connectivity index (χ2n) is 7.08. The van der Waals surface area contributed by atoms with E-state index < -0.39 is 0 Å². The summed E-state index contributed by atoms with van der Waals surface area (Å²) in [6.45, 7) is 9.04. The summed E-state index contributed by atoms with van der Waals surface area (Å²) in [6, 6.07) is 0.565. The molecule has 3 rings (SSSR count). The second kappa shape index (κ2) is 5.89. The van der Waals surface area contributed by atoms with Gasteiger partial charge in [-0.3, -0.25) is 10.00 Å². The van der Waals surface area contributed by atoms with Crippen molar-refractivity contribution in [1.29, 1.82) is 0 Å². The molecule has 2 atom stereocenters. The minimum Gasteiger partial charge on any atom is -0.368 e. The number of allylic oxidation sites excluding steroid dienone is 1. The Morgan fingerprint density at radius 2 is 2.24 bits per heavy atom. The van der Waals surface area contributed by atoms with E-state index in [0.717, 1.165) is 31.3 Å². The molecule has 0 unspecified atom stereocenters. The third-order valence-corrected chi connectivity index (χ3v) is 4.27. The predicted molar refractivity (Wildman–Crippen MR) is 82.1 cm³/mol. The van der Waals surface area contributed by atoms with Gasteiger partial charge in [-0.2, -0.15) is 5.10 Å². The summed E-state index contributed by atoms with van der Waals surface area (Å²) in [5, 5.41) is 7.43. The highest BCUT2D eigenvalue weighted by Gasteiger charge is 2.30. The first kappa shape index (κ1) is 14.7. The Morgan fingerprint density at radius 1 is 1.38 bits per heavy atom. The number of ether oxygens (including phenoxy) is 1. The minimum atomic E-state index is -0.0325. The number of H-pyrrole nitrogens is 1. The maximum atomic E-state index is 5.91. The Balaban J connectivity index is 1.69. The third kappa shape index (κ3) is 3.35. The van der Waals surface area contributed by atoms with Crippen LogP contribution in [0.1, 0.15) is 57.8 Å². The number of morpholine rings is 1. The van der Waals surface area contributed by atoms with Gasteiger partial charge in [0.25, 0.3) is 0 Å². The van der Waals surface area contributed by atoms with Gasteiger partial charge in [-0.05, 0) is 19.3 Å². The summed E-state index contributed by atoms with van der Waals surface area (Å²) in [7, 11) is 0. The summed E-state index contributed by atoms with van der Waals surface area (Å²) < 4.78 is 5.91. The van der Waals surface area contributed by atoms with Gasteiger partial charge in [0.2, 0.25) is 0 Å². The Morgan fingerprint density at radius 3 is 2.90 bits per heavy atom. The molecular formula is C16H26N4O. The zero-order valence-corrected chi connectivity index (χ0v) is 13.3. The first-order chi connectivity index (χ1) is 10.0. The molecule has 0 radical (unpaired) electrons. The van der Waals surface area contributed by atoms with E-state index in [0.29, 0.717) is 6.04 Å². The number of aromatic amines is 1. The van der Waals surface area contributed by atoms with Crippen LogP contribution in [0, 0.1) is 0 Å². The molecule has 1 saturated heterocycles. The van der Waals surface area contributed by atoms with Gasteiger partial charge in [-0.1, -0.05) is 32.9 Å². The van der Waals surface area contributed by atoms with Crippen molar-refractivity contribution in [3.05, 3.63) is 23.8 Å². The number of hydrogen-bond donors (Lipinski definition) is 1. The number of nitrogens with zero attached hydrogens (tertiary/aromatic N) is 3. The fourth-order valence-electron chi connectivity index (χ4n) is 2.99. The van der Waals surface area contributed by atoms with E-state index in [9.17, 15) is 0 Å². The summed E-state index contributed by atoms with van der Waals surface area (Å²) in [5.41, 5.74) is -0.0325. The quantitative estimate of drug-likeness (QED) is 0.851. The lowest BCUT2D eigenvalue weighted by Crippen LogP contribution is -2.44. The molecule has 2 aliphatic rings. The Hall–Kier alpha value is -1.20. The molecule has 1 aromatic heterocycles. The van der Waals surface area contributed by atoms with Crippen molar-refractivity contribution in [2.45, 2.75) is 57.6 Å². The predicted octanol–water partition coefficient (Wildman–Crippen LogP) is 2.58. The molecule has 0 bridgehead atoms. The Bertz CT molecular complexity index is 503. The van der Waals surface area contributed by atoms with E-state index >= 15 is 0 Å². The van der Waals surface area contributed by atoms with Crippen LogP contribution in [0.4, 0.5) is 0 Å². The maximum Gasteiger partial charge on any atom is 0.156 e. The highest BCUT2D eigenvalue weighted by atomic mass is 16.5. The number of aromatic nitrogens is 3. The molecule has 1 fully saturated rings. The molecule has 1 aromatic rings. The summed E-state index contributed by atoms with van der Waals surface area (Å²) >= 11 is 0. The maximum absolute atomic E-state index is 5.91. The molecule has 116 valence electrons. The summed E-state index contributed by atoms with van der Waals surface area (Å²) in [4.78, 5) is 7.17. The monoisotopic (exact) mass is 290 g/mol. The molecule has 1 aliphatic carbocycles. The van der Waals surface area contributed by atoms with Crippen LogP contribution in [-0.4, -0.2) is 45.8 Å². The van der Waals surface area contributed by atoms with Crippen LogP contribution < -0.4 is 0 Å². The molecule has 1 N–H and O–H groups in total. The summed E-state index contributed by atoms with van der Waals surface area (Å²) in [5.74, 6) is 1.72. The van der Waals surface area contributed by atoms with Gasteiger partial charge in [0.15, 0.2) is 11.6 Å². The first-order valence-corrected chi connectivity index (χ1v) is 7.99. The van der Waals surface area contributed by atoms with E-state index in [1.807, 2.05) is 0 Å². The van der Waals surface area contributed by atoms with Gasteiger partial charge < -0.3 is 4.74 Å². The molecule has 0 amide bonds. The van der Waals surface area contributed by atoms with Crippen molar-refractivity contribution in [1.82, 2.24) is 20.1 Å². The zero-order chi connectivity index (χ0) is 14.9. The smallest absolute Gasteiger partial charge is 0.156 e. The molecule has 5 nitrogen and oxygen atoms in total. The standard InChI is InChI=1S/C16H26N4O/c1-16(2,3)15-17-14(18-19-15)13-11-20(9-10-21-13)12-7-5-4-6-8-12/h5,7,12-13H,4,6,8-11H2,1-3H3,(H,17,18,19)/t12-,13-/m0/s1. The molecule has 21 heavy (non-hydrogen) atoms. The molecule has 1 aliphatic heterocycles. The van der Waals surface area contributed by atoms with Crippen LogP contribution in [0.2, 0.25) is 0 Å². The molecule has 0 spiro atoms. The fourth-order valence-corrected chi connectivity index (χ4v) is 2.99. The van der Waals surface area contributed by atoms with Crippen molar-refractivity contribution in [2.75, 3.05) is 19.7 Å². The normalized spacial score (nSPS) is 28.0. The van der Waals surface area contributed by atoms with Crippen LogP contribution in [0.15, 0.2) is 12.2 Å². The van der Waals surface area contributed by atoms with E-state index in [2.05, 4.69) is 53.0 Å². The van der Waals surface area contributed by atoms with E-state index in [1.165, 1.54) is 19.3 Å². The molecular weight excluding hydrogens is 264 g/mol. The lowest BCUT2D eigenvalue weighted by atomic mass is 9.96. The third-order valence-electron chi connectivity index (χ3n) is 4.27. The van der Waals surface area contributed by atoms with Crippen LogP contribution >= 0.6 is 0 Å². The Kier molecular flexibility index (Phi) is 4.13. The van der Waals surface area contributed by atoms with Gasteiger partial charge in [-0.15, -0.1) is 0 Å². The van der Waals surface area contributed by atoms with Gasteiger partial charge in [0.05, 0.1) is 6.61 Å². The number of rotatable bonds is 2. The fraction of sp³-hybridized carbons (Fsp3) is 0.750. The SMILES string of the molecule is CC(C)(C)c1n[nH]c([C@@H]2CN([C@H]3C=CCCC3)CCO2)n1. The second-order valence-corrected chi connectivity index (χ2v) is 7.08. The average molecular weight is 290 g/mol. The average Bonchev–Trinajstić information content (AvgIpc) is 2.98. The molecule has 5 heteroatoms. The molecule has 2 heterocycles. The van der Waals surface area contributed by atoms with Crippen molar-refractivity contribution >= 4 is 0 Å². The van der Waals surface area contributed by atoms with Crippen LogP contribution in [0.25, 0.3) is 0 Å². The highest BCUT2D eigenvalue weighted by molar-refractivity contribution is 5.06. The topological polar surface area (TPSA) is 54.0 Å². The zero-order valence-electron chi connectivity index (χ0n) is 13.3. The van der Waals surface area contributed by atoms with Crippen LogP contribution in [0.5, 0.6) is 0 Å². The van der Waals surface area contributed by atoms with E-state index in [1.54, 1.807) is 0 Å². The van der Waals surface area contributed by atoms with E-state index in [4.69, 9.17) is 4.74 Å². The molecule has 0 aromatic carbocycles. The summed E-state index contributed by atoms with van der Waals surface area (Å²) in [6.07, 6.45) is 8.45. The minimum absolute atomic E-state index is 0.0117.